The maximum absolute atomic E-state index is 13.9. The summed E-state index contributed by atoms with van der Waals surface area (Å²) in [6, 6.07) is 0.0163. The van der Waals surface area contributed by atoms with Crippen LogP contribution in [-0.2, 0) is 16.1 Å². The van der Waals surface area contributed by atoms with E-state index >= 15 is 0 Å². The van der Waals surface area contributed by atoms with Gasteiger partial charge in [0.25, 0.3) is 5.56 Å². The van der Waals surface area contributed by atoms with Crippen LogP contribution in [0.15, 0.2) is 17.3 Å². The number of fused-ring (bicyclic) bond motifs is 1. The highest BCUT2D eigenvalue weighted by Crippen LogP contribution is 2.43. The molecule has 1 saturated heterocycles. The maximum Gasteiger partial charge on any atom is 0.295 e. The van der Waals surface area contributed by atoms with Gasteiger partial charge in [-0.3, -0.25) is 9.36 Å². The summed E-state index contributed by atoms with van der Waals surface area (Å²) in [7, 11) is 1.63. The monoisotopic (exact) mass is 566 g/mol. The number of nitrogens with zero attached hydrogens (tertiary/aromatic N) is 7. The van der Waals surface area contributed by atoms with Gasteiger partial charge in [-0.25, -0.2) is 24.9 Å². The van der Waals surface area contributed by atoms with Gasteiger partial charge in [-0.15, -0.1) is 4.31 Å². The van der Waals surface area contributed by atoms with Crippen molar-refractivity contribution in [1.82, 2.24) is 33.8 Å². The number of nitrogens with one attached hydrogen (secondary N) is 1. The third kappa shape index (κ3) is 5.72. The van der Waals surface area contributed by atoms with E-state index in [1.807, 2.05) is 15.8 Å². The zero-order valence-electron chi connectivity index (χ0n) is 23.5. The van der Waals surface area contributed by atoms with Crippen molar-refractivity contribution in [2.45, 2.75) is 64.3 Å². The fourth-order valence-electron chi connectivity index (χ4n) is 5.68. The highest BCUT2D eigenvalue weighted by atomic mass is 32.2. The minimum absolute atomic E-state index is 0.0163. The summed E-state index contributed by atoms with van der Waals surface area (Å²) in [5.74, 6) is 2.69. The molecule has 4 heterocycles. The van der Waals surface area contributed by atoms with Gasteiger partial charge in [-0.05, 0) is 64.2 Å². The second-order valence-electron chi connectivity index (χ2n) is 11.4. The zero-order chi connectivity index (χ0) is 27.8. The lowest BCUT2D eigenvalue weighted by Crippen LogP contribution is -2.41. The molecular formula is C28H38N8O3S. The van der Waals surface area contributed by atoms with Crippen LogP contribution in [0.2, 0.25) is 0 Å². The summed E-state index contributed by atoms with van der Waals surface area (Å²) in [6.07, 6.45) is 9.63. The van der Waals surface area contributed by atoms with Gasteiger partial charge in [-0.2, -0.15) is 0 Å². The van der Waals surface area contributed by atoms with Gasteiger partial charge in [0.1, 0.15) is 17.6 Å². The third-order valence-corrected chi connectivity index (χ3v) is 9.94. The maximum atomic E-state index is 13.9. The SMILES string of the molecule is COCC[S+]([O-])N1CCC(CNc2nc3cnc(-c4c(C)ncnc4C4CC4)nc3n(C(C)C3CC3)c2=O)CC1. The lowest BCUT2D eigenvalue weighted by atomic mass is 9.98. The number of hydrogen-bond acceptors (Lipinski definition) is 10. The molecule has 3 aromatic rings. The lowest BCUT2D eigenvalue weighted by molar-refractivity contribution is 0.213. The summed E-state index contributed by atoms with van der Waals surface area (Å²) in [6.45, 7) is 6.77. The third-order valence-electron chi connectivity index (χ3n) is 8.48. The number of methoxy groups -OCH3 is 1. The van der Waals surface area contributed by atoms with Gasteiger partial charge in [-0.1, -0.05) is 0 Å². The standard InChI is InChI=1S/C28H38N8O3S/c1-17-23(24(21-6-7-21)32-16-31-17)25-30-15-22-27(34-25)36(18(2)20-4-5-20)28(37)26(33-22)29-14-19-8-10-35(11-9-19)40(38)13-12-39-3/h15-16,18-21H,4-14H2,1-3H3,(H,29,33). The highest BCUT2D eigenvalue weighted by Gasteiger charge is 2.33. The Labute approximate surface area is 237 Å². The zero-order valence-corrected chi connectivity index (χ0v) is 24.3. The summed E-state index contributed by atoms with van der Waals surface area (Å²) in [5.41, 5.74) is 3.75. The van der Waals surface area contributed by atoms with E-state index in [1.165, 1.54) is 0 Å². The van der Waals surface area contributed by atoms with Crippen molar-refractivity contribution in [3.63, 3.8) is 0 Å². The van der Waals surface area contributed by atoms with E-state index < -0.39 is 11.4 Å². The number of ether oxygens (including phenoxy) is 1. The van der Waals surface area contributed by atoms with E-state index in [9.17, 15) is 9.35 Å². The van der Waals surface area contributed by atoms with Crippen molar-refractivity contribution >= 4 is 28.3 Å². The number of aromatic nitrogens is 6. The lowest BCUT2D eigenvalue weighted by Gasteiger charge is -2.32. The number of aryl methyl sites for hydroxylation is 1. The van der Waals surface area contributed by atoms with Crippen molar-refractivity contribution in [1.29, 1.82) is 0 Å². The Morgan fingerprint density at radius 2 is 1.90 bits per heavy atom. The Bertz CT molecular complexity index is 1420. The summed E-state index contributed by atoms with van der Waals surface area (Å²) in [4.78, 5) is 37.2. The predicted octanol–water partition coefficient (Wildman–Crippen LogP) is 3.23. The number of anilines is 1. The molecule has 2 saturated carbocycles. The van der Waals surface area contributed by atoms with Crippen LogP contribution in [0.25, 0.3) is 22.6 Å². The fourth-order valence-corrected chi connectivity index (χ4v) is 6.87. The van der Waals surface area contributed by atoms with Gasteiger partial charge in [0.2, 0.25) is 0 Å². The van der Waals surface area contributed by atoms with Gasteiger partial charge in [0, 0.05) is 50.1 Å². The van der Waals surface area contributed by atoms with E-state index in [4.69, 9.17) is 19.7 Å². The van der Waals surface area contributed by atoms with Crippen LogP contribution in [0.1, 0.15) is 68.8 Å². The molecule has 2 atom stereocenters. The Balaban J connectivity index is 1.26. The molecule has 40 heavy (non-hydrogen) atoms. The average molecular weight is 567 g/mol. The van der Waals surface area contributed by atoms with Crippen LogP contribution < -0.4 is 10.9 Å². The predicted molar refractivity (Wildman–Crippen MR) is 154 cm³/mol. The van der Waals surface area contributed by atoms with Crippen LogP contribution >= 0.6 is 0 Å². The van der Waals surface area contributed by atoms with Gasteiger partial charge < -0.3 is 14.6 Å². The van der Waals surface area contributed by atoms with Crippen LogP contribution in [0, 0.1) is 18.8 Å². The van der Waals surface area contributed by atoms with Gasteiger partial charge >= 0.3 is 0 Å². The summed E-state index contributed by atoms with van der Waals surface area (Å²) in [5, 5.41) is 3.36. The molecule has 3 aromatic heterocycles. The summed E-state index contributed by atoms with van der Waals surface area (Å²) < 4.78 is 21.3. The van der Waals surface area contributed by atoms with E-state index in [-0.39, 0.29) is 11.6 Å². The number of hydrogen-bond donors (Lipinski definition) is 1. The molecule has 11 nitrogen and oxygen atoms in total. The quantitative estimate of drug-likeness (QED) is 0.345. The molecule has 2 unspecified atom stereocenters. The van der Waals surface area contributed by atoms with Gasteiger partial charge in [0.05, 0.1) is 29.8 Å². The first-order chi connectivity index (χ1) is 19.4. The van der Waals surface area contributed by atoms with Crippen molar-refractivity contribution in [3.05, 3.63) is 34.3 Å². The molecule has 1 aliphatic heterocycles. The molecule has 0 aromatic carbocycles. The molecule has 0 radical (unpaired) electrons. The Morgan fingerprint density at radius 1 is 1.12 bits per heavy atom. The van der Waals surface area contributed by atoms with E-state index in [1.54, 1.807) is 19.6 Å². The molecule has 12 heteroatoms. The van der Waals surface area contributed by atoms with Crippen molar-refractivity contribution in [2.24, 2.45) is 11.8 Å². The van der Waals surface area contributed by atoms with Crippen molar-refractivity contribution in [2.75, 3.05) is 44.4 Å². The van der Waals surface area contributed by atoms with Crippen LogP contribution in [0.5, 0.6) is 0 Å². The Morgan fingerprint density at radius 3 is 2.60 bits per heavy atom. The largest absolute Gasteiger partial charge is 0.598 e. The first kappa shape index (κ1) is 27.5. The molecule has 3 fully saturated rings. The second-order valence-corrected chi connectivity index (χ2v) is 12.9. The average Bonchev–Trinajstić information content (AvgIpc) is 3.88. The topological polar surface area (TPSA) is 134 Å². The van der Waals surface area contributed by atoms with Crippen molar-refractivity contribution < 1.29 is 9.29 Å². The minimum atomic E-state index is -1.01. The Kier molecular flexibility index (Phi) is 8.02. The number of rotatable bonds is 11. The first-order valence-electron chi connectivity index (χ1n) is 14.4. The fraction of sp³-hybridized carbons (Fsp3) is 0.643. The second kappa shape index (κ2) is 11.7. The van der Waals surface area contributed by atoms with Crippen LogP contribution in [0.4, 0.5) is 5.82 Å². The Hall–Kier alpha value is -2.67. The highest BCUT2D eigenvalue weighted by molar-refractivity contribution is 7.89. The minimum Gasteiger partial charge on any atom is -0.598 e. The van der Waals surface area contributed by atoms with E-state index in [2.05, 4.69) is 22.2 Å². The van der Waals surface area contributed by atoms with E-state index in [0.717, 1.165) is 68.6 Å². The molecular weight excluding hydrogens is 528 g/mol. The first-order valence-corrected chi connectivity index (χ1v) is 15.7. The van der Waals surface area contributed by atoms with Gasteiger partial charge in [0.15, 0.2) is 17.3 Å². The molecule has 0 bridgehead atoms. The molecule has 2 aliphatic carbocycles. The molecule has 6 rings (SSSR count). The van der Waals surface area contributed by atoms with Crippen LogP contribution in [0.3, 0.4) is 0 Å². The molecule has 3 aliphatic rings. The number of piperidine rings is 1. The molecule has 0 spiro atoms. The summed E-state index contributed by atoms with van der Waals surface area (Å²) >= 11 is -1.01. The molecule has 214 valence electrons. The molecule has 1 N–H and O–H groups in total. The smallest absolute Gasteiger partial charge is 0.295 e. The molecule has 0 amide bonds. The normalized spacial score (nSPS) is 20.1. The van der Waals surface area contributed by atoms with E-state index in [0.29, 0.717) is 59.5 Å². The van der Waals surface area contributed by atoms with Crippen molar-refractivity contribution in [3.8, 4) is 11.4 Å². The van der Waals surface area contributed by atoms with Crippen LogP contribution in [-0.4, -0.2) is 77.4 Å².